The summed E-state index contributed by atoms with van der Waals surface area (Å²) in [5, 5.41) is 1.00. The summed E-state index contributed by atoms with van der Waals surface area (Å²) in [6.07, 6.45) is 20.0. The summed E-state index contributed by atoms with van der Waals surface area (Å²) in [7, 11) is 0. The lowest BCUT2D eigenvalue weighted by Gasteiger charge is -2.14. The van der Waals surface area contributed by atoms with Crippen LogP contribution in [0, 0.1) is 6.92 Å². The van der Waals surface area contributed by atoms with E-state index >= 15 is 0 Å². The van der Waals surface area contributed by atoms with Crippen LogP contribution in [0.1, 0.15) is 119 Å². The third kappa shape index (κ3) is 9.98. The number of rotatable bonds is 15. The fourth-order valence-electron chi connectivity index (χ4n) is 3.95. The maximum atomic E-state index is 12.3. The number of nitrogens with zero attached hydrogens (tertiary/aromatic N) is 1. The maximum absolute atomic E-state index is 12.3. The van der Waals surface area contributed by atoms with Gasteiger partial charge in [-0.2, -0.15) is 0 Å². The van der Waals surface area contributed by atoms with Crippen molar-refractivity contribution < 1.29 is 4.79 Å². The summed E-state index contributed by atoms with van der Waals surface area (Å²) in [4.78, 5) is 17.0. The number of carbonyl (C=O) groups excluding carboxylic acids is 1. The van der Waals surface area contributed by atoms with Gasteiger partial charge in [0.2, 0.25) is 0 Å². The Morgan fingerprint density at radius 1 is 0.828 bits per heavy atom. The van der Waals surface area contributed by atoms with Gasteiger partial charge < -0.3 is 0 Å². The zero-order valence-electron chi connectivity index (χ0n) is 18.8. The maximum Gasteiger partial charge on any atom is 0.171 e. The second-order valence-electron chi connectivity index (χ2n) is 8.57. The smallest absolute Gasteiger partial charge is 0.171 e. The van der Waals surface area contributed by atoms with Crippen molar-refractivity contribution in [2.75, 3.05) is 5.75 Å². The van der Waals surface area contributed by atoms with Gasteiger partial charge in [0, 0.05) is 5.56 Å². The molecule has 0 aromatic heterocycles. The number of thioether (sulfide) groups is 1. The van der Waals surface area contributed by atoms with E-state index in [0.717, 1.165) is 27.6 Å². The third-order valence-corrected chi connectivity index (χ3v) is 6.84. The molecule has 0 saturated carbocycles. The molecule has 0 saturated heterocycles. The fraction of sp³-hybridized carbons (Fsp3) is 0.692. The molecular formula is C26H41NOS. The Balaban J connectivity index is 1.43. The molecule has 1 aliphatic heterocycles. The van der Waals surface area contributed by atoms with E-state index in [-0.39, 0.29) is 5.78 Å². The fourth-order valence-corrected chi connectivity index (χ4v) is 4.93. The van der Waals surface area contributed by atoms with E-state index in [1.54, 1.807) is 11.8 Å². The predicted octanol–water partition coefficient (Wildman–Crippen LogP) is 8.83. The number of ketones is 1. The van der Waals surface area contributed by atoms with Gasteiger partial charge in [0.15, 0.2) is 5.78 Å². The van der Waals surface area contributed by atoms with Gasteiger partial charge in [-0.05, 0) is 31.2 Å². The van der Waals surface area contributed by atoms with Gasteiger partial charge in [-0.1, -0.05) is 102 Å². The van der Waals surface area contributed by atoms with E-state index in [2.05, 4.69) is 6.92 Å². The van der Waals surface area contributed by atoms with Gasteiger partial charge in [-0.3, -0.25) is 4.79 Å². The van der Waals surface area contributed by atoms with Gasteiger partial charge in [-0.25, -0.2) is 4.99 Å². The van der Waals surface area contributed by atoms with Crippen LogP contribution in [0.2, 0.25) is 0 Å². The molecule has 1 aromatic carbocycles. The Morgan fingerprint density at radius 2 is 1.38 bits per heavy atom. The van der Waals surface area contributed by atoms with Crippen LogP contribution in [0.25, 0.3) is 0 Å². The number of carbonyl (C=O) groups is 1. The molecule has 0 spiro atoms. The molecule has 0 bridgehead atoms. The van der Waals surface area contributed by atoms with Gasteiger partial charge in [0.1, 0.15) is 0 Å². The number of aliphatic imine (C=N–C) groups is 1. The van der Waals surface area contributed by atoms with Crippen LogP contribution in [0.4, 0.5) is 5.69 Å². The highest BCUT2D eigenvalue weighted by atomic mass is 32.2. The van der Waals surface area contributed by atoms with Crippen LogP contribution in [0.3, 0.4) is 0 Å². The van der Waals surface area contributed by atoms with Crippen LogP contribution < -0.4 is 0 Å². The molecule has 0 N–H and O–H groups in total. The number of benzene rings is 1. The van der Waals surface area contributed by atoms with Crippen molar-refractivity contribution >= 4 is 28.3 Å². The average molecular weight is 416 g/mol. The normalized spacial score (nSPS) is 13.4. The van der Waals surface area contributed by atoms with E-state index in [0.29, 0.717) is 6.42 Å². The minimum Gasteiger partial charge on any atom is -0.294 e. The Labute approximate surface area is 183 Å². The van der Waals surface area contributed by atoms with Crippen molar-refractivity contribution in [2.24, 2.45) is 4.99 Å². The van der Waals surface area contributed by atoms with Crippen molar-refractivity contribution in [3.63, 3.8) is 0 Å². The van der Waals surface area contributed by atoms with Crippen molar-refractivity contribution in [3.05, 3.63) is 29.3 Å². The lowest BCUT2D eigenvalue weighted by molar-refractivity contribution is 0.100. The third-order valence-electron chi connectivity index (χ3n) is 5.78. The Kier molecular flexibility index (Phi) is 12.4. The van der Waals surface area contributed by atoms with Crippen molar-refractivity contribution in [1.29, 1.82) is 0 Å². The number of aryl methyl sites for hydroxylation is 1. The van der Waals surface area contributed by atoms with E-state index < -0.39 is 0 Å². The van der Waals surface area contributed by atoms with Crippen LogP contribution in [0.5, 0.6) is 0 Å². The average Bonchev–Trinajstić information content (AvgIpc) is 2.71. The molecule has 162 valence electrons. The molecule has 0 unspecified atom stereocenters. The first kappa shape index (κ1) is 24.2. The van der Waals surface area contributed by atoms with E-state index in [4.69, 9.17) is 4.99 Å². The molecule has 29 heavy (non-hydrogen) atoms. The largest absolute Gasteiger partial charge is 0.294 e. The molecule has 1 aromatic rings. The van der Waals surface area contributed by atoms with E-state index in [1.165, 1.54) is 89.9 Å². The Hall–Kier alpha value is -1.09. The number of hydrogen-bond acceptors (Lipinski definition) is 3. The first-order valence-corrected chi connectivity index (χ1v) is 13.0. The molecule has 2 rings (SSSR count). The summed E-state index contributed by atoms with van der Waals surface area (Å²) >= 11 is 1.78. The number of Topliss-reactive ketones (excluding diaryl/α,β-unsaturated/α-hetero) is 1. The van der Waals surface area contributed by atoms with Crippen LogP contribution in [-0.2, 0) is 0 Å². The highest BCUT2D eigenvalue weighted by molar-refractivity contribution is 8.14. The lowest BCUT2D eigenvalue weighted by atomic mass is 10.0. The van der Waals surface area contributed by atoms with Crippen LogP contribution in [-0.4, -0.2) is 16.6 Å². The molecule has 0 amide bonds. The quantitative estimate of drug-likeness (QED) is 0.268. The molecule has 0 fully saturated rings. The predicted molar refractivity (Wildman–Crippen MR) is 130 cm³/mol. The molecular weight excluding hydrogens is 374 g/mol. The summed E-state index contributed by atoms with van der Waals surface area (Å²) < 4.78 is 0. The highest BCUT2D eigenvalue weighted by Gasteiger charge is 2.20. The molecule has 2 nitrogen and oxygen atoms in total. The van der Waals surface area contributed by atoms with Crippen molar-refractivity contribution in [3.8, 4) is 0 Å². The van der Waals surface area contributed by atoms with E-state index in [9.17, 15) is 4.79 Å². The molecule has 0 aliphatic carbocycles. The first-order chi connectivity index (χ1) is 14.2. The SMILES string of the molecule is CCCCCCCCCCCCCCCCSC1=Nc2ccc(C)cc2C(=O)C1. The van der Waals surface area contributed by atoms with Gasteiger partial charge in [-0.15, -0.1) is 11.8 Å². The number of fused-ring (bicyclic) bond motifs is 1. The van der Waals surface area contributed by atoms with Gasteiger partial charge >= 0.3 is 0 Å². The Morgan fingerprint density at radius 3 is 1.97 bits per heavy atom. The zero-order chi connectivity index (χ0) is 20.7. The monoisotopic (exact) mass is 415 g/mol. The Bertz CT molecular complexity index is 638. The standard InChI is InChI=1S/C26H41NOS/c1-3-4-5-6-7-8-9-10-11-12-13-14-15-16-19-29-26-21-25(28)23-20-22(2)17-18-24(23)27-26/h17-18,20H,3-16,19,21H2,1-2H3. The molecule has 3 heteroatoms. The summed E-state index contributed by atoms with van der Waals surface area (Å²) in [6.45, 7) is 4.31. The zero-order valence-corrected chi connectivity index (χ0v) is 19.6. The topological polar surface area (TPSA) is 29.4 Å². The van der Waals surface area contributed by atoms with Crippen LogP contribution in [0.15, 0.2) is 23.2 Å². The van der Waals surface area contributed by atoms with Crippen molar-refractivity contribution in [1.82, 2.24) is 0 Å². The second-order valence-corrected chi connectivity index (χ2v) is 9.74. The minimum atomic E-state index is 0.224. The minimum absolute atomic E-state index is 0.224. The lowest BCUT2D eigenvalue weighted by Crippen LogP contribution is -2.11. The highest BCUT2D eigenvalue weighted by Crippen LogP contribution is 2.30. The van der Waals surface area contributed by atoms with Gasteiger partial charge in [0.05, 0.1) is 17.2 Å². The first-order valence-electron chi connectivity index (χ1n) is 12.0. The summed E-state index contributed by atoms with van der Waals surface area (Å²) in [5.74, 6) is 1.31. The molecule has 1 aliphatic rings. The summed E-state index contributed by atoms with van der Waals surface area (Å²) in [6, 6.07) is 5.99. The summed E-state index contributed by atoms with van der Waals surface area (Å²) in [5.41, 5.74) is 2.78. The molecule has 1 heterocycles. The second kappa shape index (κ2) is 14.8. The number of unbranched alkanes of at least 4 members (excludes halogenated alkanes) is 13. The molecule has 0 atom stereocenters. The van der Waals surface area contributed by atoms with Crippen molar-refractivity contribution in [2.45, 2.75) is 110 Å². The number of hydrogen-bond donors (Lipinski definition) is 0. The molecule has 0 radical (unpaired) electrons. The van der Waals surface area contributed by atoms with Crippen LogP contribution >= 0.6 is 11.8 Å². The van der Waals surface area contributed by atoms with Gasteiger partial charge in [0.25, 0.3) is 0 Å². The van der Waals surface area contributed by atoms with E-state index in [1.807, 2.05) is 25.1 Å².